The second-order valence-corrected chi connectivity index (χ2v) is 7.74. The molecular weight excluding hydrogens is 318 g/mol. The first-order chi connectivity index (χ1) is 11.8. The van der Waals surface area contributed by atoms with Gasteiger partial charge < -0.3 is 10.2 Å². The Labute approximate surface area is 147 Å². The van der Waals surface area contributed by atoms with E-state index in [2.05, 4.69) is 27.3 Å². The second kappa shape index (κ2) is 7.11. The number of pyridine rings is 1. The fourth-order valence-electron chi connectivity index (χ4n) is 3.39. The van der Waals surface area contributed by atoms with Gasteiger partial charge in [-0.2, -0.15) is 0 Å². The number of thioether (sulfide) groups is 1. The molecule has 0 atom stereocenters. The third kappa shape index (κ3) is 3.90. The molecule has 0 bridgehead atoms. The number of carbonyl (C=O) groups excluding carboxylic acids is 1. The third-order valence-corrected chi connectivity index (χ3v) is 5.81. The van der Waals surface area contributed by atoms with Gasteiger partial charge in [0, 0.05) is 30.6 Å². The molecule has 1 aromatic carbocycles. The molecule has 1 aromatic heterocycles. The molecule has 2 aromatic rings. The normalized spacial score (nSPS) is 19.5. The van der Waals surface area contributed by atoms with Crippen molar-refractivity contribution in [2.75, 3.05) is 18.8 Å². The Hall–Kier alpha value is -1.59. The van der Waals surface area contributed by atoms with Crippen LogP contribution in [0.2, 0.25) is 0 Å². The average molecular weight is 341 g/mol. The molecule has 24 heavy (non-hydrogen) atoms. The molecule has 2 fully saturated rings. The predicted molar refractivity (Wildman–Crippen MR) is 98.2 cm³/mol. The fourth-order valence-corrected chi connectivity index (χ4v) is 4.07. The van der Waals surface area contributed by atoms with Gasteiger partial charge in [-0.1, -0.05) is 36.0 Å². The molecule has 2 heterocycles. The quantitative estimate of drug-likeness (QED) is 0.849. The Kier molecular flexibility index (Phi) is 4.72. The number of nitrogens with one attached hydrogen (secondary N) is 1. The maximum Gasteiger partial charge on any atom is 0.230 e. The van der Waals surface area contributed by atoms with Crippen LogP contribution >= 0.6 is 11.8 Å². The van der Waals surface area contributed by atoms with Crippen molar-refractivity contribution in [1.82, 2.24) is 15.2 Å². The van der Waals surface area contributed by atoms with Crippen LogP contribution in [0.5, 0.6) is 0 Å². The average Bonchev–Trinajstić information content (AvgIpc) is 3.46. The summed E-state index contributed by atoms with van der Waals surface area (Å²) in [7, 11) is 0. The van der Waals surface area contributed by atoms with Gasteiger partial charge in [0.15, 0.2) is 0 Å². The van der Waals surface area contributed by atoms with Gasteiger partial charge in [-0.15, -0.1) is 0 Å². The van der Waals surface area contributed by atoms with Crippen molar-refractivity contribution < 1.29 is 4.79 Å². The first-order valence-electron chi connectivity index (χ1n) is 8.80. The Morgan fingerprint density at radius 2 is 1.92 bits per heavy atom. The van der Waals surface area contributed by atoms with Gasteiger partial charge in [-0.3, -0.25) is 4.79 Å². The number of nitrogens with zero attached hydrogens (tertiary/aromatic N) is 2. The van der Waals surface area contributed by atoms with E-state index in [1.54, 1.807) is 0 Å². The van der Waals surface area contributed by atoms with E-state index in [1.807, 2.05) is 24.3 Å². The van der Waals surface area contributed by atoms with Crippen molar-refractivity contribution in [3.05, 3.63) is 36.4 Å². The lowest BCUT2D eigenvalue weighted by Crippen LogP contribution is -2.45. The van der Waals surface area contributed by atoms with Crippen molar-refractivity contribution in [1.29, 1.82) is 0 Å². The van der Waals surface area contributed by atoms with Gasteiger partial charge in [0.05, 0.1) is 16.3 Å². The second-order valence-electron chi connectivity index (χ2n) is 6.74. The van der Waals surface area contributed by atoms with Gasteiger partial charge in [0.25, 0.3) is 0 Å². The van der Waals surface area contributed by atoms with E-state index >= 15 is 0 Å². The minimum atomic E-state index is 0.125. The minimum absolute atomic E-state index is 0.125. The van der Waals surface area contributed by atoms with Crippen LogP contribution in [0, 0.1) is 0 Å². The van der Waals surface area contributed by atoms with Crippen molar-refractivity contribution in [3.8, 4) is 0 Å². The molecule has 0 radical (unpaired) electrons. The zero-order chi connectivity index (χ0) is 16.4. The van der Waals surface area contributed by atoms with Crippen LogP contribution in [-0.4, -0.2) is 46.7 Å². The summed E-state index contributed by atoms with van der Waals surface area (Å²) in [6.45, 7) is 2.27. The van der Waals surface area contributed by atoms with E-state index in [4.69, 9.17) is 0 Å². The molecular formula is C19H23N3OS. The number of rotatable bonds is 5. The first-order valence-corrected chi connectivity index (χ1v) is 9.78. The summed E-state index contributed by atoms with van der Waals surface area (Å²) in [5.74, 6) is 0.564. The van der Waals surface area contributed by atoms with Gasteiger partial charge in [-0.05, 0) is 37.8 Å². The number of piperidine rings is 1. The largest absolute Gasteiger partial charge is 0.353 e. The van der Waals surface area contributed by atoms with Crippen LogP contribution in [0.4, 0.5) is 0 Å². The van der Waals surface area contributed by atoms with E-state index in [-0.39, 0.29) is 5.91 Å². The van der Waals surface area contributed by atoms with E-state index in [0.29, 0.717) is 11.8 Å². The number of likely N-dealkylation sites (tertiary alicyclic amines) is 1. The van der Waals surface area contributed by atoms with Crippen molar-refractivity contribution >= 4 is 28.6 Å². The summed E-state index contributed by atoms with van der Waals surface area (Å²) in [4.78, 5) is 19.4. The van der Waals surface area contributed by atoms with E-state index in [1.165, 1.54) is 24.6 Å². The first kappa shape index (κ1) is 15.9. The maximum absolute atomic E-state index is 12.2. The Balaban J connectivity index is 1.25. The molecule has 1 aliphatic carbocycles. The lowest BCUT2D eigenvalue weighted by molar-refractivity contribution is -0.119. The standard InChI is InChI=1S/C19H23N3OS/c23-18(20-15-9-11-22(12-10-15)16-6-7-16)13-24-19-8-5-14-3-1-2-4-17(14)21-19/h1-5,8,15-16H,6-7,9-13H2,(H,20,23). The molecule has 0 spiro atoms. The Morgan fingerprint density at radius 3 is 2.71 bits per heavy atom. The molecule has 2 aliphatic rings. The van der Waals surface area contributed by atoms with Crippen molar-refractivity contribution in [2.24, 2.45) is 0 Å². The zero-order valence-corrected chi connectivity index (χ0v) is 14.6. The van der Waals surface area contributed by atoms with Gasteiger partial charge >= 0.3 is 0 Å². The highest BCUT2D eigenvalue weighted by molar-refractivity contribution is 7.99. The molecule has 1 saturated carbocycles. The zero-order valence-electron chi connectivity index (χ0n) is 13.8. The van der Waals surface area contributed by atoms with Crippen LogP contribution in [0.15, 0.2) is 41.4 Å². The summed E-state index contributed by atoms with van der Waals surface area (Å²) >= 11 is 1.51. The van der Waals surface area contributed by atoms with Crippen molar-refractivity contribution in [2.45, 2.75) is 42.8 Å². The molecule has 4 rings (SSSR count). The molecule has 0 unspecified atom stereocenters. The number of benzene rings is 1. The molecule has 1 saturated heterocycles. The molecule has 1 amide bonds. The van der Waals surface area contributed by atoms with E-state index < -0.39 is 0 Å². The predicted octanol–water partition coefficient (Wildman–Crippen LogP) is 3.07. The lowest BCUT2D eigenvalue weighted by Gasteiger charge is -2.32. The summed E-state index contributed by atoms with van der Waals surface area (Å²) in [6.07, 6.45) is 4.90. The molecule has 1 aliphatic heterocycles. The molecule has 4 nitrogen and oxygen atoms in total. The van der Waals surface area contributed by atoms with Crippen molar-refractivity contribution in [3.63, 3.8) is 0 Å². The number of aromatic nitrogens is 1. The number of carbonyl (C=O) groups is 1. The fraction of sp³-hybridized carbons (Fsp3) is 0.474. The molecule has 5 heteroatoms. The van der Waals surface area contributed by atoms with Gasteiger partial charge in [-0.25, -0.2) is 4.98 Å². The highest BCUT2D eigenvalue weighted by Gasteiger charge is 2.32. The van der Waals surface area contributed by atoms with Gasteiger partial charge in [0.2, 0.25) is 5.91 Å². The van der Waals surface area contributed by atoms with Gasteiger partial charge in [0.1, 0.15) is 0 Å². The summed E-state index contributed by atoms with van der Waals surface area (Å²) in [5, 5.41) is 5.23. The smallest absolute Gasteiger partial charge is 0.230 e. The highest BCUT2D eigenvalue weighted by Crippen LogP contribution is 2.29. The third-order valence-electron chi connectivity index (χ3n) is 4.88. The monoisotopic (exact) mass is 341 g/mol. The number of fused-ring (bicyclic) bond motifs is 1. The molecule has 126 valence electrons. The summed E-state index contributed by atoms with van der Waals surface area (Å²) in [6, 6.07) is 13.3. The van der Waals surface area contributed by atoms with Crippen LogP contribution < -0.4 is 5.32 Å². The topological polar surface area (TPSA) is 45.2 Å². The van der Waals surface area contributed by atoms with Crippen LogP contribution in [0.1, 0.15) is 25.7 Å². The highest BCUT2D eigenvalue weighted by atomic mass is 32.2. The maximum atomic E-state index is 12.2. The Morgan fingerprint density at radius 1 is 1.12 bits per heavy atom. The molecule has 1 N–H and O–H groups in total. The minimum Gasteiger partial charge on any atom is -0.353 e. The SMILES string of the molecule is O=C(CSc1ccc2ccccc2n1)NC1CCN(C2CC2)CC1. The Bertz CT molecular complexity index is 723. The number of hydrogen-bond acceptors (Lipinski definition) is 4. The summed E-state index contributed by atoms with van der Waals surface area (Å²) < 4.78 is 0. The van der Waals surface area contributed by atoms with Crippen LogP contribution in [-0.2, 0) is 4.79 Å². The number of hydrogen-bond donors (Lipinski definition) is 1. The summed E-state index contributed by atoms with van der Waals surface area (Å²) in [5.41, 5.74) is 0.982. The number of para-hydroxylation sites is 1. The number of amides is 1. The van der Waals surface area contributed by atoms with E-state index in [0.717, 1.165) is 47.9 Å². The van der Waals surface area contributed by atoms with Crippen LogP contribution in [0.3, 0.4) is 0 Å². The van der Waals surface area contributed by atoms with E-state index in [9.17, 15) is 4.79 Å². The lowest BCUT2D eigenvalue weighted by atomic mass is 10.1. The van der Waals surface area contributed by atoms with Crippen LogP contribution in [0.25, 0.3) is 10.9 Å².